The maximum atomic E-state index is 3.98. The minimum Gasteiger partial charge on any atom is -0.342 e. The van der Waals surface area contributed by atoms with Crippen molar-refractivity contribution in [2.24, 2.45) is 0 Å². The van der Waals surface area contributed by atoms with Crippen molar-refractivity contribution >= 4 is 22.9 Å². The summed E-state index contributed by atoms with van der Waals surface area (Å²) in [6, 6.07) is 0. The molecule has 0 saturated carbocycles. The topological polar surface area (TPSA) is 54.5 Å². The third-order valence-electron chi connectivity index (χ3n) is 1.41. The summed E-state index contributed by atoms with van der Waals surface area (Å²) in [5.41, 5.74) is 1.64. The fourth-order valence-electron chi connectivity index (χ4n) is 0.900. The third kappa shape index (κ3) is 0.970. The van der Waals surface area contributed by atoms with Crippen molar-refractivity contribution in [3.8, 4) is 0 Å². The van der Waals surface area contributed by atoms with Crippen molar-refractivity contribution in [1.29, 1.82) is 0 Å². The van der Waals surface area contributed by atoms with Crippen LogP contribution in [0.5, 0.6) is 0 Å². The van der Waals surface area contributed by atoms with Gasteiger partial charge in [-0.1, -0.05) is 0 Å². The van der Waals surface area contributed by atoms with Crippen LogP contribution >= 0.6 is 11.8 Å². The molecule has 1 N–H and O–H groups in total. The molecule has 2 aromatic heterocycles. The lowest BCUT2D eigenvalue weighted by atomic mass is 10.5. The molecule has 0 aliphatic rings. The van der Waals surface area contributed by atoms with Crippen molar-refractivity contribution in [1.82, 2.24) is 20.2 Å². The molecule has 11 heavy (non-hydrogen) atoms. The summed E-state index contributed by atoms with van der Waals surface area (Å²) in [5.74, 6) is 0. The Hall–Kier alpha value is -1.10. The minimum absolute atomic E-state index is 0.678. The smallest absolute Gasteiger partial charge is 0.200 e. The fourth-order valence-corrected chi connectivity index (χ4v) is 1.41. The number of aromatic amines is 1. The lowest BCUT2D eigenvalue weighted by Crippen LogP contribution is -1.83. The number of nitrogens with one attached hydrogen (secondary N) is 1. The predicted molar refractivity (Wildman–Crippen MR) is 43.5 cm³/mol. The van der Waals surface area contributed by atoms with E-state index in [1.165, 1.54) is 0 Å². The Bertz CT molecular complexity index is 369. The van der Waals surface area contributed by atoms with Crippen LogP contribution in [-0.4, -0.2) is 26.4 Å². The van der Waals surface area contributed by atoms with Crippen LogP contribution in [0.25, 0.3) is 11.2 Å². The summed E-state index contributed by atoms with van der Waals surface area (Å²) in [4.78, 5) is 8.07. The molecule has 0 unspecified atom stereocenters. The zero-order valence-electron chi connectivity index (χ0n) is 5.90. The molecule has 0 spiro atoms. The number of nitrogens with zero attached hydrogens (tertiary/aromatic N) is 3. The normalized spacial score (nSPS) is 10.6. The third-order valence-corrected chi connectivity index (χ3v) is 2.16. The Balaban J connectivity index is 2.79. The van der Waals surface area contributed by atoms with Gasteiger partial charge in [-0.05, 0) is 6.26 Å². The second-order valence-electron chi connectivity index (χ2n) is 2.01. The molecule has 0 atom stereocenters. The summed E-state index contributed by atoms with van der Waals surface area (Å²) in [5, 5.41) is 7.65. The van der Waals surface area contributed by atoms with Crippen LogP contribution in [0.2, 0.25) is 0 Å². The molecule has 2 rings (SSSR count). The lowest BCUT2D eigenvalue weighted by molar-refractivity contribution is 1.03. The fraction of sp³-hybridized carbons (Fsp3) is 0.167. The first-order chi connectivity index (χ1) is 5.42. The van der Waals surface area contributed by atoms with Gasteiger partial charge in [0.05, 0.1) is 17.4 Å². The van der Waals surface area contributed by atoms with Crippen molar-refractivity contribution in [2.45, 2.75) is 4.90 Å². The van der Waals surface area contributed by atoms with Gasteiger partial charge in [-0.2, -0.15) is 5.10 Å². The highest BCUT2D eigenvalue weighted by Gasteiger charge is 2.01. The summed E-state index contributed by atoms with van der Waals surface area (Å²) in [7, 11) is 0. The van der Waals surface area contributed by atoms with E-state index in [1.54, 1.807) is 24.3 Å². The Labute approximate surface area is 67.4 Å². The van der Waals surface area contributed by atoms with Crippen molar-refractivity contribution in [3.63, 3.8) is 0 Å². The molecule has 2 heterocycles. The van der Waals surface area contributed by atoms with Crippen molar-refractivity contribution < 1.29 is 0 Å². The molecular weight excluding hydrogens is 160 g/mol. The van der Waals surface area contributed by atoms with Gasteiger partial charge >= 0.3 is 0 Å². The van der Waals surface area contributed by atoms with E-state index in [0.717, 1.165) is 10.4 Å². The Kier molecular flexibility index (Phi) is 1.50. The quantitative estimate of drug-likeness (QED) is 0.644. The number of aromatic nitrogens is 4. The summed E-state index contributed by atoms with van der Waals surface area (Å²) in [6.07, 6.45) is 5.35. The highest BCUT2D eigenvalue weighted by molar-refractivity contribution is 7.98. The van der Waals surface area contributed by atoms with Gasteiger partial charge < -0.3 is 4.98 Å². The Morgan fingerprint density at radius 1 is 1.55 bits per heavy atom. The van der Waals surface area contributed by atoms with Crippen LogP contribution < -0.4 is 0 Å². The summed E-state index contributed by atoms with van der Waals surface area (Å²) in [6.45, 7) is 0. The van der Waals surface area contributed by atoms with Gasteiger partial charge in [0.15, 0.2) is 0 Å². The number of rotatable bonds is 1. The number of hydrogen-bond acceptors (Lipinski definition) is 4. The number of fused-ring (bicyclic) bond motifs is 1. The SMILES string of the molecule is CSc1cnnc2nc[nH]c12. The van der Waals surface area contributed by atoms with E-state index in [9.17, 15) is 0 Å². The molecule has 56 valence electrons. The standard InChI is InChI=1S/C6H6N4S/c1-11-4-2-9-10-6-5(4)7-3-8-6/h2-3H,1H3,(H,7,8,10). The largest absolute Gasteiger partial charge is 0.342 e. The van der Waals surface area contributed by atoms with Crippen LogP contribution in [0, 0.1) is 0 Å². The number of hydrogen-bond donors (Lipinski definition) is 1. The average Bonchev–Trinajstić information content (AvgIpc) is 2.50. The van der Waals surface area contributed by atoms with Gasteiger partial charge in [0.25, 0.3) is 0 Å². The van der Waals surface area contributed by atoms with E-state index in [0.29, 0.717) is 5.65 Å². The Morgan fingerprint density at radius 2 is 2.45 bits per heavy atom. The maximum Gasteiger partial charge on any atom is 0.200 e. The van der Waals surface area contributed by atoms with Gasteiger partial charge in [-0.15, -0.1) is 16.9 Å². The van der Waals surface area contributed by atoms with Crippen LogP contribution in [0.15, 0.2) is 17.4 Å². The van der Waals surface area contributed by atoms with E-state index in [1.807, 2.05) is 6.26 Å². The molecule has 0 aliphatic heterocycles. The van der Waals surface area contributed by atoms with E-state index in [-0.39, 0.29) is 0 Å². The van der Waals surface area contributed by atoms with Crippen LogP contribution in [0.1, 0.15) is 0 Å². The molecule has 0 radical (unpaired) electrons. The molecular formula is C6H6N4S. The van der Waals surface area contributed by atoms with E-state index in [4.69, 9.17) is 0 Å². The minimum atomic E-state index is 0.678. The first-order valence-electron chi connectivity index (χ1n) is 3.10. The van der Waals surface area contributed by atoms with Gasteiger partial charge in [-0.25, -0.2) is 4.98 Å². The van der Waals surface area contributed by atoms with Gasteiger partial charge in [-0.3, -0.25) is 0 Å². The van der Waals surface area contributed by atoms with Crippen molar-refractivity contribution in [2.75, 3.05) is 6.26 Å². The molecule has 0 aliphatic carbocycles. The lowest BCUT2D eigenvalue weighted by Gasteiger charge is -1.93. The first-order valence-corrected chi connectivity index (χ1v) is 4.33. The second-order valence-corrected chi connectivity index (χ2v) is 2.86. The number of H-pyrrole nitrogens is 1. The van der Waals surface area contributed by atoms with Crippen LogP contribution in [0.3, 0.4) is 0 Å². The summed E-state index contributed by atoms with van der Waals surface area (Å²) >= 11 is 1.63. The molecule has 0 fully saturated rings. The molecule has 4 nitrogen and oxygen atoms in total. The monoisotopic (exact) mass is 166 g/mol. The highest BCUT2D eigenvalue weighted by Crippen LogP contribution is 2.19. The zero-order valence-corrected chi connectivity index (χ0v) is 6.72. The molecule has 0 amide bonds. The second kappa shape index (κ2) is 2.50. The van der Waals surface area contributed by atoms with Gasteiger partial charge in [0, 0.05) is 0 Å². The highest BCUT2D eigenvalue weighted by atomic mass is 32.2. The van der Waals surface area contributed by atoms with Gasteiger partial charge in [0.1, 0.15) is 5.52 Å². The van der Waals surface area contributed by atoms with Crippen LogP contribution in [-0.2, 0) is 0 Å². The Morgan fingerprint density at radius 3 is 3.27 bits per heavy atom. The van der Waals surface area contributed by atoms with E-state index in [2.05, 4.69) is 20.2 Å². The number of imidazole rings is 1. The molecule has 5 heteroatoms. The molecule has 0 bridgehead atoms. The van der Waals surface area contributed by atoms with E-state index >= 15 is 0 Å². The molecule has 0 aromatic carbocycles. The first kappa shape index (κ1) is 6.60. The van der Waals surface area contributed by atoms with E-state index < -0.39 is 0 Å². The van der Waals surface area contributed by atoms with Crippen molar-refractivity contribution in [3.05, 3.63) is 12.5 Å². The summed E-state index contributed by atoms with van der Waals surface area (Å²) < 4.78 is 0. The van der Waals surface area contributed by atoms with Gasteiger partial charge in [0.2, 0.25) is 5.65 Å². The van der Waals surface area contributed by atoms with Crippen LogP contribution in [0.4, 0.5) is 0 Å². The predicted octanol–water partition coefficient (Wildman–Crippen LogP) is 1.07. The molecule has 0 saturated heterocycles. The average molecular weight is 166 g/mol. The zero-order chi connectivity index (χ0) is 7.68. The number of thioether (sulfide) groups is 1. The molecule has 2 aromatic rings. The maximum absolute atomic E-state index is 3.98.